The van der Waals surface area contributed by atoms with Gasteiger partial charge < -0.3 is 14.0 Å². The van der Waals surface area contributed by atoms with Crippen molar-refractivity contribution >= 4 is 33.4 Å². The number of hydrogen-bond acceptors (Lipinski definition) is 5. The van der Waals surface area contributed by atoms with Crippen molar-refractivity contribution in [2.45, 2.75) is 32.7 Å². The molecule has 1 amide bonds. The number of aryl methyl sites for hydroxylation is 2. The van der Waals surface area contributed by atoms with Crippen LogP contribution in [0.5, 0.6) is 5.75 Å². The molecule has 0 fully saturated rings. The largest absolute Gasteiger partial charge is 0.497 e. The summed E-state index contributed by atoms with van der Waals surface area (Å²) >= 11 is 1.41. The number of nitrogens with zero attached hydrogens (tertiary/aromatic N) is 2. The van der Waals surface area contributed by atoms with Crippen molar-refractivity contribution in [3.05, 3.63) is 58.9 Å². The molecule has 29 heavy (non-hydrogen) atoms. The Hall–Kier alpha value is -2.93. The number of thiazole rings is 1. The van der Waals surface area contributed by atoms with Gasteiger partial charge in [-0.3, -0.25) is 9.59 Å². The highest BCUT2D eigenvalue weighted by atomic mass is 32.1. The second-order valence-electron chi connectivity index (χ2n) is 6.42. The second-order valence-corrected chi connectivity index (χ2v) is 7.43. The van der Waals surface area contributed by atoms with Crippen LogP contribution in [0.15, 0.2) is 53.5 Å². The third-order valence-corrected chi connectivity index (χ3v) is 5.47. The lowest BCUT2D eigenvalue weighted by Crippen LogP contribution is -2.19. The summed E-state index contributed by atoms with van der Waals surface area (Å²) in [6.45, 7) is 2.53. The van der Waals surface area contributed by atoms with Crippen LogP contribution in [0.4, 0.5) is 0 Å². The van der Waals surface area contributed by atoms with E-state index in [1.54, 1.807) is 14.0 Å². The van der Waals surface area contributed by atoms with Crippen molar-refractivity contribution in [2.24, 2.45) is 4.99 Å². The first-order chi connectivity index (χ1) is 14.1. The highest BCUT2D eigenvalue weighted by molar-refractivity contribution is 7.16. The van der Waals surface area contributed by atoms with E-state index in [9.17, 15) is 9.59 Å². The van der Waals surface area contributed by atoms with Crippen LogP contribution in [0, 0.1) is 0 Å². The lowest BCUT2D eigenvalue weighted by Gasteiger charge is -2.06. The van der Waals surface area contributed by atoms with Crippen LogP contribution in [-0.4, -0.2) is 30.2 Å². The summed E-state index contributed by atoms with van der Waals surface area (Å²) < 4.78 is 13.2. The average molecular weight is 413 g/mol. The third-order valence-electron chi connectivity index (χ3n) is 4.43. The van der Waals surface area contributed by atoms with Crippen molar-refractivity contribution in [1.82, 2.24) is 4.57 Å². The minimum Gasteiger partial charge on any atom is -0.497 e. The van der Waals surface area contributed by atoms with E-state index >= 15 is 0 Å². The van der Waals surface area contributed by atoms with Gasteiger partial charge in [-0.05, 0) is 37.1 Å². The number of carbonyl (C=O) groups is 2. The summed E-state index contributed by atoms with van der Waals surface area (Å²) in [4.78, 5) is 29.2. The molecule has 0 radical (unpaired) electrons. The average Bonchev–Trinajstić information content (AvgIpc) is 3.07. The summed E-state index contributed by atoms with van der Waals surface area (Å²) in [6.07, 6.45) is 1.20. The van der Waals surface area contributed by atoms with Gasteiger partial charge in [0.15, 0.2) is 4.80 Å². The van der Waals surface area contributed by atoms with Crippen molar-refractivity contribution < 1.29 is 19.1 Å². The first kappa shape index (κ1) is 20.8. The standard InChI is InChI=1S/C22H24N2O4S/c1-3-28-21(26)13-14-24-18-11-10-17(27-2)15-19(18)29-22(24)23-20(25)12-9-16-7-5-4-6-8-16/h4-8,10-11,15H,3,9,12-14H2,1-2H3. The van der Waals surface area contributed by atoms with Crippen LogP contribution in [-0.2, 0) is 27.3 Å². The van der Waals surface area contributed by atoms with E-state index in [-0.39, 0.29) is 18.3 Å². The lowest BCUT2D eigenvalue weighted by atomic mass is 10.1. The first-order valence-corrected chi connectivity index (χ1v) is 10.4. The molecule has 3 rings (SSSR count). The molecule has 3 aromatic rings. The fraction of sp³-hybridized carbons (Fsp3) is 0.318. The zero-order valence-electron chi connectivity index (χ0n) is 16.6. The molecule has 152 valence electrons. The van der Waals surface area contributed by atoms with Crippen LogP contribution < -0.4 is 9.54 Å². The van der Waals surface area contributed by atoms with Crippen molar-refractivity contribution in [3.63, 3.8) is 0 Å². The van der Waals surface area contributed by atoms with E-state index in [1.807, 2.05) is 53.1 Å². The van der Waals surface area contributed by atoms with Crippen LogP contribution >= 0.6 is 11.3 Å². The molecule has 0 unspecified atom stereocenters. The quantitative estimate of drug-likeness (QED) is 0.529. The Balaban J connectivity index is 1.87. The Morgan fingerprint density at radius 2 is 1.90 bits per heavy atom. The summed E-state index contributed by atoms with van der Waals surface area (Å²) in [5.41, 5.74) is 2.02. The lowest BCUT2D eigenvalue weighted by molar-refractivity contribution is -0.143. The number of methoxy groups -OCH3 is 1. The molecule has 0 aliphatic heterocycles. The Kier molecular flexibility index (Phi) is 7.19. The normalized spacial score (nSPS) is 11.6. The fourth-order valence-corrected chi connectivity index (χ4v) is 4.08. The van der Waals surface area contributed by atoms with Gasteiger partial charge in [0.05, 0.1) is 30.4 Å². The van der Waals surface area contributed by atoms with Gasteiger partial charge in [0.2, 0.25) is 5.91 Å². The molecule has 0 bridgehead atoms. The molecule has 0 atom stereocenters. The van der Waals surface area contributed by atoms with Gasteiger partial charge in [0.25, 0.3) is 0 Å². The predicted molar refractivity (Wildman–Crippen MR) is 113 cm³/mol. The van der Waals surface area contributed by atoms with Crippen LogP contribution in [0.1, 0.15) is 25.3 Å². The minimum atomic E-state index is -0.269. The number of carbonyl (C=O) groups excluding carboxylic acids is 2. The van der Waals surface area contributed by atoms with E-state index in [1.165, 1.54) is 11.3 Å². The van der Waals surface area contributed by atoms with Gasteiger partial charge in [-0.25, -0.2) is 0 Å². The summed E-state index contributed by atoms with van der Waals surface area (Å²) in [5.74, 6) is 0.282. The topological polar surface area (TPSA) is 69.9 Å². The molecule has 0 saturated carbocycles. The molecular weight excluding hydrogens is 388 g/mol. The molecule has 2 aromatic carbocycles. The van der Waals surface area contributed by atoms with Crippen LogP contribution in [0.2, 0.25) is 0 Å². The maximum absolute atomic E-state index is 12.5. The number of amides is 1. The number of hydrogen-bond donors (Lipinski definition) is 0. The molecule has 0 N–H and O–H groups in total. The van der Waals surface area contributed by atoms with Gasteiger partial charge in [-0.15, -0.1) is 0 Å². The monoisotopic (exact) mass is 412 g/mol. The van der Waals surface area contributed by atoms with Gasteiger partial charge in [-0.1, -0.05) is 41.7 Å². The van der Waals surface area contributed by atoms with E-state index < -0.39 is 0 Å². The second kappa shape index (κ2) is 10.0. The molecule has 6 nitrogen and oxygen atoms in total. The van der Waals surface area contributed by atoms with Gasteiger partial charge in [0.1, 0.15) is 5.75 Å². The van der Waals surface area contributed by atoms with Crippen LogP contribution in [0.25, 0.3) is 10.2 Å². The smallest absolute Gasteiger partial charge is 0.307 e. The maximum atomic E-state index is 12.5. The van der Waals surface area contributed by atoms with E-state index in [0.717, 1.165) is 21.5 Å². The highest BCUT2D eigenvalue weighted by Crippen LogP contribution is 2.23. The number of fused-ring (bicyclic) bond motifs is 1. The minimum absolute atomic E-state index is 0.183. The van der Waals surface area contributed by atoms with Crippen molar-refractivity contribution in [1.29, 1.82) is 0 Å². The first-order valence-electron chi connectivity index (χ1n) is 9.55. The number of ether oxygens (including phenoxy) is 2. The number of rotatable bonds is 8. The van der Waals surface area contributed by atoms with Crippen molar-refractivity contribution in [3.8, 4) is 5.75 Å². The van der Waals surface area contributed by atoms with E-state index in [4.69, 9.17) is 9.47 Å². The Labute approximate surface area is 173 Å². The summed E-state index contributed by atoms with van der Waals surface area (Å²) in [7, 11) is 1.61. The maximum Gasteiger partial charge on any atom is 0.307 e. The molecule has 0 aliphatic rings. The molecule has 7 heteroatoms. The van der Waals surface area contributed by atoms with Crippen molar-refractivity contribution in [2.75, 3.05) is 13.7 Å². The Morgan fingerprint density at radius 3 is 2.62 bits per heavy atom. The predicted octanol–water partition coefficient (Wildman–Crippen LogP) is 3.72. The molecule has 0 saturated heterocycles. The number of esters is 1. The molecular formula is C22H24N2O4S. The van der Waals surface area contributed by atoms with Gasteiger partial charge >= 0.3 is 5.97 Å². The molecule has 1 heterocycles. The number of benzene rings is 2. The Morgan fingerprint density at radius 1 is 1.10 bits per heavy atom. The molecule has 1 aromatic heterocycles. The Bertz CT molecular complexity index is 1050. The summed E-state index contributed by atoms with van der Waals surface area (Å²) in [6, 6.07) is 15.6. The van der Waals surface area contributed by atoms with E-state index in [0.29, 0.717) is 30.8 Å². The SMILES string of the molecule is CCOC(=O)CCn1c(=NC(=O)CCc2ccccc2)sc2cc(OC)ccc21. The fourth-order valence-electron chi connectivity index (χ4n) is 2.98. The summed E-state index contributed by atoms with van der Waals surface area (Å²) in [5, 5.41) is 0. The van der Waals surface area contributed by atoms with Gasteiger partial charge in [0, 0.05) is 13.0 Å². The highest BCUT2D eigenvalue weighted by Gasteiger charge is 2.11. The van der Waals surface area contributed by atoms with E-state index in [2.05, 4.69) is 4.99 Å². The molecule has 0 spiro atoms. The van der Waals surface area contributed by atoms with Gasteiger partial charge in [-0.2, -0.15) is 4.99 Å². The molecule has 0 aliphatic carbocycles. The zero-order valence-corrected chi connectivity index (χ0v) is 17.4. The number of aromatic nitrogens is 1. The third kappa shape index (κ3) is 5.54. The zero-order chi connectivity index (χ0) is 20.6. The van der Waals surface area contributed by atoms with Crippen LogP contribution in [0.3, 0.4) is 0 Å².